The molecule has 0 fully saturated rings. The molecule has 0 atom stereocenters. The van der Waals surface area contributed by atoms with E-state index >= 15 is 0 Å². The lowest BCUT2D eigenvalue weighted by Crippen LogP contribution is -2.28. The van der Waals surface area contributed by atoms with Gasteiger partial charge in [-0.3, -0.25) is 18.7 Å². The summed E-state index contributed by atoms with van der Waals surface area (Å²) in [6.07, 6.45) is 0.847. The van der Waals surface area contributed by atoms with E-state index in [-0.39, 0.29) is 0 Å². The predicted octanol–water partition coefficient (Wildman–Crippen LogP) is 0.329. The SMILES string of the molecule is COCCCn1c(C)c(C)n2c3c(=O)[nH]c(=O)n(C)c3nc12. The predicted molar refractivity (Wildman–Crippen MR) is 82.5 cm³/mol. The van der Waals surface area contributed by atoms with Crippen molar-refractivity contribution in [3.05, 3.63) is 32.2 Å². The van der Waals surface area contributed by atoms with Gasteiger partial charge in [0.25, 0.3) is 5.56 Å². The van der Waals surface area contributed by atoms with Crippen LogP contribution in [0.5, 0.6) is 0 Å². The zero-order valence-electron chi connectivity index (χ0n) is 13.1. The van der Waals surface area contributed by atoms with E-state index in [1.807, 2.05) is 18.2 Å². The van der Waals surface area contributed by atoms with Crippen molar-refractivity contribution in [2.75, 3.05) is 13.7 Å². The molecule has 0 radical (unpaired) electrons. The summed E-state index contributed by atoms with van der Waals surface area (Å²) < 4.78 is 10.3. The number of H-pyrrole nitrogens is 1. The molecular weight excluding hydrogens is 286 g/mol. The van der Waals surface area contributed by atoms with Crippen LogP contribution in [0.4, 0.5) is 0 Å². The first-order valence-corrected chi connectivity index (χ1v) is 7.13. The Kier molecular flexibility index (Phi) is 3.40. The summed E-state index contributed by atoms with van der Waals surface area (Å²) in [4.78, 5) is 30.8. The third kappa shape index (κ3) is 1.91. The minimum absolute atomic E-state index is 0.396. The van der Waals surface area contributed by atoms with Gasteiger partial charge in [-0.05, 0) is 20.3 Å². The molecule has 3 heterocycles. The molecule has 1 N–H and O–H groups in total. The third-order valence-corrected chi connectivity index (χ3v) is 4.13. The van der Waals surface area contributed by atoms with E-state index in [2.05, 4.69) is 14.5 Å². The summed E-state index contributed by atoms with van der Waals surface area (Å²) in [5.41, 5.74) is 1.92. The maximum atomic E-state index is 12.2. The molecule has 0 amide bonds. The van der Waals surface area contributed by atoms with Gasteiger partial charge in [0.1, 0.15) is 0 Å². The molecule has 0 saturated heterocycles. The second-order valence-corrected chi connectivity index (χ2v) is 5.41. The molecule has 0 spiro atoms. The van der Waals surface area contributed by atoms with E-state index in [9.17, 15) is 9.59 Å². The number of nitrogens with zero attached hydrogens (tertiary/aromatic N) is 4. The second kappa shape index (κ2) is 5.13. The Hall–Kier alpha value is -2.35. The molecule has 3 rings (SSSR count). The van der Waals surface area contributed by atoms with E-state index in [4.69, 9.17) is 4.74 Å². The number of hydrogen-bond acceptors (Lipinski definition) is 4. The quantitative estimate of drug-likeness (QED) is 0.704. The molecule has 8 heteroatoms. The standard InChI is InChI=1S/C14H19N5O3/c1-8-9(2)19-10-11(17(3)14(21)16-12(10)20)15-13(19)18(8)6-5-7-22-4/h5-7H2,1-4H3,(H,16,20,21). The number of rotatable bonds is 4. The lowest BCUT2D eigenvalue weighted by atomic mass is 10.3. The molecular formula is C14H19N5O3. The van der Waals surface area contributed by atoms with Crippen molar-refractivity contribution in [2.24, 2.45) is 7.05 Å². The van der Waals surface area contributed by atoms with Crippen LogP contribution in [-0.4, -0.2) is 37.2 Å². The first kappa shape index (κ1) is 14.6. The van der Waals surface area contributed by atoms with Crippen molar-refractivity contribution in [3.63, 3.8) is 0 Å². The van der Waals surface area contributed by atoms with Crippen molar-refractivity contribution in [1.82, 2.24) is 23.5 Å². The van der Waals surface area contributed by atoms with Crippen LogP contribution in [0, 0.1) is 13.8 Å². The number of aromatic amines is 1. The third-order valence-electron chi connectivity index (χ3n) is 4.13. The van der Waals surface area contributed by atoms with Crippen LogP contribution >= 0.6 is 0 Å². The average molecular weight is 305 g/mol. The van der Waals surface area contributed by atoms with Crippen molar-refractivity contribution < 1.29 is 4.74 Å². The lowest BCUT2D eigenvalue weighted by Gasteiger charge is -2.05. The molecule has 0 aliphatic rings. The zero-order chi connectivity index (χ0) is 16.0. The van der Waals surface area contributed by atoms with Gasteiger partial charge in [0, 0.05) is 38.7 Å². The second-order valence-electron chi connectivity index (χ2n) is 5.41. The van der Waals surface area contributed by atoms with Crippen molar-refractivity contribution in [1.29, 1.82) is 0 Å². The molecule has 22 heavy (non-hydrogen) atoms. The normalized spacial score (nSPS) is 11.8. The Morgan fingerprint density at radius 2 is 1.95 bits per heavy atom. The average Bonchev–Trinajstić information content (AvgIpc) is 2.97. The fraction of sp³-hybridized carbons (Fsp3) is 0.500. The number of nitrogens with one attached hydrogen (secondary N) is 1. The Morgan fingerprint density at radius 3 is 2.64 bits per heavy atom. The van der Waals surface area contributed by atoms with Crippen LogP contribution in [0.3, 0.4) is 0 Å². The number of hydrogen-bond donors (Lipinski definition) is 1. The van der Waals surface area contributed by atoms with Gasteiger partial charge in [0.15, 0.2) is 11.2 Å². The molecule has 0 saturated carbocycles. The van der Waals surface area contributed by atoms with E-state index in [0.717, 1.165) is 24.4 Å². The minimum Gasteiger partial charge on any atom is -0.385 e. The number of imidazole rings is 2. The van der Waals surface area contributed by atoms with Crippen LogP contribution in [-0.2, 0) is 18.3 Å². The summed E-state index contributed by atoms with van der Waals surface area (Å²) in [7, 11) is 3.27. The fourth-order valence-electron chi connectivity index (χ4n) is 2.81. The first-order valence-electron chi connectivity index (χ1n) is 7.13. The lowest BCUT2D eigenvalue weighted by molar-refractivity contribution is 0.190. The highest BCUT2D eigenvalue weighted by molar-refractivity contribution is 5.76. The van der Waals surface area contributed by atoms with E-state index in [1.165, 1.54) is 4.57 Å². The van der Waals surface area contributed by atoms with Gasteiger partial charge >= 0.3 is 5.69 Å². The Morgan fingerprint density at radius 1 is 1.23 bits per heavy atom. The van der Waals surface area contributed by atoms with E-state index in [1.54, 1.807) is 14.2 Å². The first-order chi connectivity index (χ1) is 10.5. The van der Waals surface area contributed by atoms with E-state index in [0.29, 0.717) is 23.5 Å². The number of ether oxygens (including phenoxy) is 1. The minimum atomic E-state index is -0.460. The van der Waals surface area contributed by atoms with Gasteiger partial charge < -0.3 is 9.30 Å². The zero-order valence-corrected chi connectivity index (χ0v) is 13.1. The molecule has 0 aromatic carbocycles. The van der Waals surface area contributed by atoms with Gasteiger partial charge in [-0.15, -0.1) is 0 Å². The molecule has 8 nitrogen and oxygen atoms in total. The van der Waals surface area contributed by atoms with Crippen LogP contribution in [0.15, 0.2) is 9.59 Å². The fourth-order valence-corrected chi connectivity index (χ4v) is 2.81. The molecule has 0 bridgehead atoms. The van der Waals surface area contributed by atoms with Crippen molar-refractivity contribution in [2.45, 2.75) is 26.8 Å². The van der Waals surface area contributed by atoms with Gasteiger partial charge in [0.05, 0.1) is 0 Å². The Balaban J connectivity index is 2.36. The summed E-state index contributed by atoms with van der Waals surface area (Å²) in [6.45, 7) is 5.34. The Labute approximate surface area is 126 Å². The van der Waals surface area contributed by atoms with Crippen molar-refractivity contribution in [3.8, 4) is 0 Å². The summed E-state index contributed by atoms with van der Waals surface area (Å²) >= 11 is 0. The highest BCUT2D eigenvalue weighted by Crippen LogP contribution is 2.20. The molecule has 0 aliphatic carbocycles. The van der Waals surface area contributed by atoms with Gasteiger partial charge in [0.2, 0.25) is 5.78 Å². The molecule has 0 unspecified atom stereocenters. The van der Waals surface area contributed by atoms with Gasteiger partial charge in [-0.2, -0.15) is 4.98 Å². The highest BCUT2D eigenvalue weighted by atomic mass is 16.5. The summed E-state index contributed by atoms with van der Waals surface area (Å²) in [5.74, 6) is 0.674. The number of fused-ring (bicyclic) bond motifs is 3. The van der Waals surface area contributed by atoms with E-state index < -0.39 is 11.2 Å². The molecule has 3 aromatic rings. The number of aromatic nitrogens is 5. The maximum Gasteiger partial charge on any atom is 0.329 e. The molecule has 0 aliphatic heterocycles. The van der Waals surface area contributed by atoms with Crippen LogP contribution in [0.1, 0.15) is 17.8 Å². The largest absolute Gasteiger partial charge is 0.385 e. The summed E-state index contributed by atoms with van der Waals surface area (Å²) in [5, 5.41) is 0. The highest BCUT2D eigenvalue weighted by Gasteiger charge is 2.19. The monoisotopic (exact) mass is 305 g/mol. The molecule has 118 valence electrons. The topological polar surface area (TPSA) is 86.3 Å². The van der Waals surface area contributed by atoms with Crippen LogP contribution in [0.25, 0.3) is 16.9 Å². The smallest absolute Gasteiger partial charge is 0.329 e. The maximum absolute atomic E-state index is 12.2. The summed E-state index contributed by atoms with van der Waals surface area (Å²) in [6, 6.07) is 0. The van der Waals surface area contributed by atoms with Crippen LogP contribution in [0.2, 0.25) is 0 Å². The number of aryl methyl sites for hydroxylation is 3. The Bertz CT molecular complexity index is 973. The molecule has 3 aromatic heterocycles. The van der Waals surface area contributed by atoms with Crippen molar-refractivity contribution >= 4 is 16.9 Å². The number of methoxy groups -OCH3 is 1. The van der Waals surface area contributed by atoms with Crippen LogP contribution < -0.4 is 11.2 Å². The van der Waals surface area contributed by atoms with Gasteiger partial charge in [-0.1, -0.05) is 0 Å². The van der Waals surface area contributed by atoms with Gasteiger partial charge in [-0.25, -0.2) is 4.79 Å².